The Labute approximate surface area is 334 Å². The van der Waals surface area contributed by atoms with E-state index in [0.717, 1.165) is 83.4 Å². The Morgan fingerprint density at radius 1 is 0.345 bits per heavy atom. The van der Waals surface area contributed by atoms with Crippen LogP contribution in [0.15, 0.2) is 215 Å². The molecule has 9 aromatic carbocycles. The van der Waals surface area contributed by atoms with E-state index < -0.39 is 0 Å². The van der Waals surface area contributed by atoms with Gasteiger partial charge in [-0.3, -0.25) is 4.57 Å². The highest BCUT2D eigenvalue weighted by molar-refractivity contribution is 6.20. The average molecular weight is 743 g/mol. The molecule has 12 rings (SSSR count). The Kier molecular flexibility index (Phi) is 7.20. The minimum absolute atomic E-state index is 0.854. The van der Waals surface area contributed by atoms with E-state index in [1.807, 2.05) is 24.3 Å². The molecule has 4 heteroatoms. The molecule has 0 amide bonds. The zero-order valence-electron chi connectivity index (χ0n) is 31.3. The molecule has 0 aliphatic rings. The summed E-state index contributed by atoms with van der Waals surface area (Å²) in [5.74, 6) is 0. The number of hydrogen-bond acceptors (Lipinski definition) is 3. The molecule has 0 saturated heterocycles. The van der Waals surface area contributed by atoms with Crippen molar-refractivity contribution in [3.8, 4) is 27.9 Å². The predicted octanol–water partition coefficient (Wildman–Crippen LogP) is 15.4. The van der Waals surface area contributed by atoms with Gasteiger partial charge in [0.2, 0.25) is 5.71 Å². The Morgan fingerprint density at radius 3 is 1.59 bits per heavy atom. The highest BCUT2D eigenvalue weighted by Crippen LogP contribution is 2.41. The smallest absolute Gasteiger partial charge is 0.213 e. The SMILES string of the molecule is c1ccc2cc(-c3ccc(N(c4ccc(-c5ccc6c(c5)oc5ccccc56)cc4)c4ccc(-n5c6ccccc6c6c7ccccc7oc65)cc4)cc3)ccc2c1. The molecule has 3 aromatic heterocycles. The summed E-state index contributed by atoms with van der Waals surface area (Å²) in [4.78, 5) is 2.32. The van der Waals surface area contributed by atoms with E-state index in [9.17, 15) is 0 Å². The van der Waals surface area contributed by atoms with Crippen LogP contribution in [-0.4, -0.2) is 4.57 Å². The molecule has 0 spiro atoms. The van der Waals surface area contributed by atoms with Gasteiger partial charge in [-0.05, 0) is 118 Å². The summed E-state index contributed by atoms with van der Waals surface area (Å²) >= 11 is 0. The van der Waals surface area contributed by atoms with E-state index in [1.54, 1.807) is 0 Å². The van der Waals surface area contributed by atoms with E-state index in [1.165, 1.54) is 27.3 Å². The first-order chi connectivity index (χ1) is 28.7. The maximum Gasteiger partial charge on any atom is 0.213 e. The summed E-state index contributed by atoms with van der Waals surface area (Å²) in [6.45, 7) is 0. The fourth-order valence-electron chi connectivity index (χ4n) is 8.77. The molecule has 0 saturated carbocycles. The van der Waals surface area contributed by atoms with Crippen molar-refractivity contribution < 1.29 is 8.83 Å². The molecular formula is C54H34N2O2. The van der Waals surface area contributed by atoms with Crippen LogP contribution >= 0.6 is 0 Å². The Hall–Kier alpha value is -7.82. The summed E-state index contributed by atoms with van der Waals surface area (Å²) in [5, 5.41) is 8.20. The third kappa shape index (κ3) is 5.16. The highest BCUT2D eigenvalue weighted by atomic mass is 16.3. The van der Waals surface area contributed by atoms with Gasteiger partial charge >= 0.3 is 0 Å². The van der Waals surface area contributed by atoms with Crippen molar-refractivity contribution in [2.24, 2.45) is 0 Å². The van der Waals surface area contributed by atoms with Crippen molar-refractivity contribution in [2.45, 2.75) is 0 Å². The summed E-state index contributed by atoms with van der Waals surface area (Å²) in [7, 11) is 0. The fourth-order valence-corrected chi connectivity index (χ4v) is 8.77. The Morgan fingerprint density at radius 2 is 0.862 bits per heavy atom. The maximum atomic E-state index is 6.54. The lowest BCUT2D eigenvalue weighted by molar-refractivity contribution is 0.645. The molecule has 0 atom stereocenters. The van der Waals surface area contributed by atoms with Gasteiger partial charge in [0.15, 0.2) is 0 Å². The zero-order chi connectivity index (χ0) is 38.2. The van der Waals surface area contributed by atoms with Gasteiger partial charge in [-0.1, -0.05) is 121 Å². The van der Waals surface area contributed by atoms with Crippen LogP contribution < -0.4 is 4.90 Å². The lowest BCUT2D eigenvalue weighted by atomic mass is 10.0. The maximum absolute atomic E-state index is 6.54. The van der Waals surface area contributed by atoms with E-state index >= 15 is 0 Å². The average Bonchev–Trinajstić information content (AvgIpc) is 3.96. The van der Waals surface area contributed by atoms with Crippen LogP contribution in [0.1, 0.15) is 0 Å². The molecular weight excluding hydrogens is 709 g/mol. The van der Waals surface area contributed by atoms with Crippen molar-refractivity contribution in [1.29, 1.82) is 0 Å². The van der Waals surface area contributed by atoms with Crippen LogP contribution in [0.4, 0.5) is 17.1 Å². The number of aromatic nitrogens is 1. The number of furan rings is 2. The van der Waals surface area contributed by atoms with Crippen molar-refractivity contribution >= 4 is 82.7 Å². The fraction of sp³-hybridized carbons (Fsp3) is 0. The third-order valence-corrected chi connectivity index (χ3v) is 11.6. The van der Waals surface area contributed by atoms with Gasteiger partial charge in [0.1, 0.15) is 16.7 Å². The largest absolute Gasteiger partial charge is 0.456 e. The monoisotopic (exact) mass is 742 g/mol. The lowest BCUT2D eigenvalue weighted by Crippen LogP contribution is -2.10. The quantitative estimate of drug-likeness (QED) is 0.170. The van der Waals surface area contributed by atoms with Gasteiger partial charge < -0.3 is 13.7 Å². The zero-order valence-corrected chi connectivity index (χ0v) is 31.3. The normalized spacial score (nSPS) is 11.8. The molecule has 4 nitrogen and oxygen atoms in total. The molecule has 0 radical (unpaired) electrons. The summed E-state index contributed by atoms with van der Waals surface area (Å²) in [5.41, 5.74) is 13.5. The van der Waals surface area contributed by atoms with Crippen LogP contribution in [0.5, 0.6) is 0 Å². The van der Waals surface area contributed by atoms with Crippen LogP contribution in [-0.2, 0) is 0 Å². The van der Waals surface area contributed by atoms with Crippen molar-refractivity contribution in [3.63, 3.8) is 0 Å². The number of para-hydroxylation sites is 3. The molecule has 58 heavy (non-hydrogen) atoms. The second kappa shape index (κ2) is 12.9. The van der Waals surface area contributed by atoms with E-state index in [2.05, 4.69) is 191 Å². The molecule has 3 heterocycles. The number of hydrogen-bond donors (Lipinski definition) is 0. The number of anilines is 3. The lowest BCUT2D eigenvalue weighted by Gasteiger charge is -2.26. The standard InChI is InChI=1S/C54H34N2O2/c1-2-10-38-33-39(18-17-35(38)9-1)36-19-24-41(25-20-36)55(42-26-21-37(22-27-42)40-23-32-46-45-11-4-7-15-50(45)57-52(46)34-40)43-28-30-44(31-29-43)56-49-14-6-3-12-47(49)53-48-13-5-8-16-51(48)58-54(53)56/h1-34H. The molecule has 0 N–H and O–H groups in total. The van der Waals surface area contributed by atoms with Gasteiger partial charge in [0.25, 0.3) is 0 Å². The van der Waals surface area contributed by atoms with E-state index in [-0.39, 0.29) is 0 Å². The Bertz CT molecular complexity index is 3500. The first-order valence-electron chi connectivity index (χ1n) is 19.7. The summed E-state index contributed by atoms with van der Waals surface area (Å²) in [6, 6.07) is 73.3. The van der Waals surface area contributed by atoms with Gasteiger partial charge in [-0.25, -0.2) is 0 Å². The van der Waals surface area contributed by atoms with Gasteiger partial charge in [0.05, 0.1) is 10.9 Å². The van der Waals surface area contributed by atoms with Crippen LogP contribution in [0.3, 0.4) is 0 Å². The van der Waals surface area contributed by atoms with Gasteiger partial charge in [0, 0.05) is 44.3 Å². The second-order valence-corrected chi connectivity index (χ2v) is 14.9. The predicted molar refractivity (Wildman–Crippen MR) is 241 cm³/mol. The number of fused-ring (bicyclic) bond motifs is 9. The van der Waals surface area contributed by atoms with Crippen molar-refractivity contribution in [2.75, 3.05) is 4.90 Å². The molecule has 0 bridgehead atoms. The molecule has 0 aliphatic carbocycles. The Balaban J connectivity index is 0.951. The minimum atomic E-state index is 0.854. The van der Waals surface area contributed by atoms with Gasteiger partial charge in [-0.15, -0.1) is 0 Å². The first-order valence-corrected chi connectivity index (χ1v) is 19.7. The summed E-state index contributed by atoms with van der Waals surface area (Å²) < 4.78 is 15.0. The molecule has 0 fully saturated rings. The van der Waals surface area contributed by atoms with Crippen molar-refractivity contribution in [1.82, 2.24) is 4.57 Å². The van der Waals surface area contributed by atoms with E-state index in [0.29, 0.717) is 0 Å². The van der Waals surface area contributed by atoms with Gasteiger partial charge in [-0.2, -0.15) is 0 Å². The number of rotatable bonds is 6. The minimum Gasteiger partial charge on any atom is -0.456 e. The highest BCUT2D eigenvalue weighted by Gasteiger charge is 2.20. The topological polar surface area (TPSA) is 34.5 Å². The third-order valence-electron chi connectivity index (χ3n) is 11.6. The number of nitrogens with zero attached hydrogens (tertiary/aromatic N) is 2. The van der Waals surface area contributed by atoms with Crippen LogP contribution in [0.25, 0.3) is 93.6 Å². The van der Waals surface area contributed by atoms with Crippen LogP contribution in [0.2, 0.25) is 0 Å². The van der Waals surface area contributed by atoms with Crippen molar-refractivity contribution in [3.05, 3.63) is 206 Å². The van der Waals surface area contributed by atoms with E-state index in [4.69, 9.17) is 8.83 Å². The molecule has 272 valence electrons. The second-order valence-electron chi connectivity index (χ2n) is 14.9. The van der Waals surface area contributed by atoms with Crippen LogP contribution in [0, 0.1) is 0 Å². The number of benzene rings is 9. The molecule has 12 aromatic rings. The molecule has 0 unspecified atom stereocenters. The molecule has 0 aliphatic heterocycles. The summed E-state index contributed by atoms with van der Waals surface area (Å²) in [6.07, 6.45) is 0. The first kappa shape index (κ1) is 32.4.